The van der Waals surface area contributed by atoms with E-state index in [0.29, 0.717) is 12.1 Å². The van der Waals surface area contributed by atoms with Gasteiger partial charge in [-0.05, 0) is 24.5 Å². The SMILES string of the molecule is CCC1(c2ccc(F)cn2)OC1(C(=O)OC)C(C)C. The summed E-state index contributed by atoms with van der Waals surface area (Å²) in [6.45, 7) is 5.72. The first-order chi connectivity index (χ1) is 8.94. The van der Waals surface area contributed by atoms with E-state index in [9.17, 15) is 9.18 Å². The number of epoxide rings is 1. The fourth-order valence-electron chi connectivity index (χ4n) is 2.80. The topological polar surface area (TPSA) is 51.7 Å². The van der Waals surface area contributed by atoms with Crippen molar-refractivity contribution in [3.8, 4) is 0 Å². The number of aromatic nitrogens is 1. The standard InChI is InChI=1S/C14H18FNO3/c1-5-13(11-7-6-10(15)8-16-11)14(19-13,9(2)3)12(17)18-4/h6-9H,5H2,1-4H3. The van der Waals surface area contributed by atoms with Crippen LogP contribution in [-0.2, 0) is 19.9 Å². The van der Waals surface area contributed by atoms with Crippen LogP contribution in [0.25, 0.3) is 0 Å². The first-order valence-corrected chi connectivity index (χ1v) is 6.35. The molecule has 4 nitrogen and oxygen atoms in total. The number of carbonyl (C=O) groups is 1. The van der Waals surface area contributed by atoms with Gasteiger partial charge in [-0.1, -0.05) is 20.8 Å². The fraction of sp³-hybridized carbons (Fsp3) is 0.571. The summed E-state index contributed by atoms with van der Waals surface area (Å²) in [5.41, 5.74) is -1.28. The minimum atomic E-state index is -1.03. The maximum atomic E-state index is 13.0. The summed E-state index contributed by atoms with van der Waals surface area (Å²) in [5.74, 6) is -0.883. The number of hydrogen-bond acceptors (Lipinski definition) is 4. The van der Waals surface area contributed by atoms with Crippen molar-refractivity contribution in [2.75, 3.05) is 7.11 Å². The normalized spacial score (nSPS) is 29.4. The van der Waals surface area contributed by atoms with Crippen LogP contribution in [0.2, 0.25) is 0 Å². The second-order valence-electron chi connectivity index (χ2n) is 5.03. The molecule has 1 saturated heterocycles. The number of halogens is 1. The van der Waals surface area contributed by atoms with Gasteiger partial charge in [0.15, 0.2) is 5.60 Å². The molecule has 1 aromatic rings. The third-order valence-electron chi connectivity index (χ3n) is 3.83. The predicted molar refractivity (Wildman–Crippen MR) is 66.8 cm³/mol. The zero-order chi connectivity index (χ0) is 14.3. The lowest BCUT2D eigenvalue weighted by atomic mass is 9.79. The first kappa shape index (κ1) is 13.9. The highest BCUT2D eigenvalue weighted by Gasteiger charge is 2.77. The van der Waals surface area contributed by atoms with Crippen LogP contribution in [0.15, 0.2) is 18.3 Å². The lowest BCUT2D eigenvalue weighted by Crippen LogP contribution is -2.39. The highest BCUT2D eigenvalue weighted by atomic mass is 19.1. The molecule has 2 rings (SSSR count). The molecule has 2 atom stereocenters. The zero-order valence-corrected chi connectivity index (χ0v) is 11.6. The molecule has 104 valence electrons. The van der Waals surface area contributed by atoms with Crippen molar-refractivity contribution in [3.63, 3.8) is 0 Å². The second kappa shape index (κ2) is 4.56. The molecule has 0 bridgehead atoms. The quantitative estimate of drug-likeness (QED) is 0.621. The number of ether oxygens (including phenoxy) is 2. The van der Waals surface area contributed by atoms with Crippen molar-refractivity contribution >= 4 is 5.97 Å². The number of nitrogens with zero attached hydrogens (tertiary/aromatic N) is 1. The molecule has 0 radical (unpaired) electrons. The Kier molecular flexibility index (Phi) is 3.34. The van der Waals surface area contributed by atoms with E-state index in [0.717, 1.165) is 6.20 Å². The van der Waals surface area contributed by atoms with Gasteiger partial charge in [-0.3, -0.25) is 4.98 Å². The number of methoxy groups -OCH3 is 1. The molecule has 0 N–H and O–H groups in total. The molecule has 2 heterocycles. The number of hydrogen-bond donors (Lipinski definition) is 0. The Morgan fingerprint density at radius 3 is 2.63 bits per heavy atom. The van der Waals surface area contributed by atoms with Gasteiger partial charge in [0.2, 0.25) is 5.60 Å². The van der Waals surface area contributed by atoms with Crippen molar-refractivity contribution in [3.05, 3.63) is 29.8 Å². The molecule has 0 saturated carbocycles. The highest BCUT2D eigenvalue weighted by Crippen LogP contribution is 2.61. The van der Waals surface area contributed by atoms with E-state index in [4.69, 9.17) is 9.47 Å². The van der Waals surface area contributed by atoms with Crippen LogP contribution in [0, 0.1) is 11.7 Å². The summed E-state index contributed by atoms with van der Waals surface area (Å²) in [6, 6.07) is 2.88. The molecule has 1 aromatic heterocycles. The predicted octanol–water partition coefficient (Wildman–Crippen LogP) is 2.42. The third kappa shape index (κ3) is 1.75. The molecule has 0 aliphatic carbocycles. The first-order valence-electron chi connectivity index (χ1n) is 6.35. The van der Waals surface area contributed by atoms with Crippen LogP contribution in [0.1, 0.15) is 32.9 Å². The van der Waals surface area contributed by atoms with Gasteiger partial charge in [0.25, 0.3) is 0 Å². The van der Waals surface area contributed by atoms with Crippen molar-refractivity contribution in [1.82, 2.24) is 4.98 Å². The second-order valence-corrected chi connectivity index (χ2v) is 5.03. The lowest BCUT2D eigenvalue weighted by Gasteiger charge is -2.20. The molecule has 1 aliphatic heterocycles. The molecule has 2 unspecified atom stereocenters. The highest BCUT2D eigenvalue weighted by molar-refractivity contribution is 5.85. The summed E-state index contributed by atoms with van der Waals surface area (Å²) in [6.07, 6.45) is 1.70. The number of pyridine rings is 1. The van der Waals surface area contributed by atoms with Crippen LogP contribution in [0.3, 0.4) is 0 Å². The summed E-state index contributed by atoms with van der Waals surface area (Å²) >= 11 is 0. The van der Waals surface area contributed by atoms with Crippen LogP contribution < -0.4 is 0 Å². The Balaban J connectivity index is 2.46. The van der Waals surface area contributed by atoms with Gasteiger partial charge in [0, 0.05) is 0 Å². The van der Waals surface area contributed by atoms with E-state index in [1.165, 1.54) is 13.2 Å². The maximum absolute atomic E-state index is 13.0. The van der Waals surface area contributed by atoms with E-state index < -0.39 is 23.0 Å². The summed E-state index contributed by atoms with van der Waals surface area (Å²) < 4.78 is 23.7. The van der Waals surface area contributed by atoms with Crippen LogP contribution in [0.5, 0.6) is 0 Å². The molecule has 0 spiro atoms. The van der Waals surface area contributed by atoms with E-state index in [1.54, 1.807) is 6.07 Å². The van der Waals surface area contributed by atoms with E-state index in [-0.39, 0.29) is 5.92 Å². The van der Waals surface area contributed by atoms with Crippen LogP contribution in [0.4, 0.5) is 4.39 Å². The Morgan fingerprint density at radius 1 is 1.53 bits per heavy atom. The van der Waals surface area contributed by atoms with Gasteiger partial charge >= 0.3 is 5.97 Å². The maximum Gasteiger partial charge on any atom is 0.341 e. The molecule has 1 aliphatic rings. The molecular formula is C14H18FNO3. The minimum absolute atomic E-state index is 0.0632. The number of carbonyl (C=O) groups excluding carboxylic acids is 1. The molecule has 0 aromatic carbocycles. The number of rotatable bonds is 4. The Morgan fingerprint density at radius 2 is 2.21 bits per heavy atom. The molecular weight excluding hydrogens is 249 g/mol. The molecule has 19 heavy (non-hydrogen) atoms. The Hall–Kier alpha value is -1.49. The Bertz CT molecular complexity index is 488. The van der Waals surface area contributed by atoms with E-state index in [1.807, 2.05) is 20.8 Å². The van der Waals surface area contributed by atoms with Crippen LogP contribution in [-0.4, -0.2) is 23.7 Å². The van der Waals surface area contributed by atoms with Gasteiger partial charge < -0.3 is 9.47 Å². The van der Waals surface area contributed by atoms with Gasteiger partial charge in [-0.2, -0.15) is 0 Å². The zero-order valence-electron chi connectivity index (χ0n) is 11.6. The minimum Gasteiger partial charge on any atom is -0.467 e. The smallest absolute Gasteiger partial charge is 0.341 e. The summed E-state index contributed by atoms with van der Waals surface area (Å²) in [7, 11) is 1.34. The fourth-order valence-corrected chi connectivity index (χ4v) is 2.80. The van der Waals surface area contributed by atoms with Gasteiger partial charge in [0.1, 0.15) is 5.82 Å². The summed E-state index contributed by atoms with van der Waals surface area (Å²) in [5, 5.41) is 0. The largest absolute Gasteiger partial charge is 0.467 e. The van der Waals surface area contributed by atoms with Gasteiger partial charge in [0.05, 0.1) is 19.0 Å². The molecule has 0 amide bonds. The summed E-state index contributed by atoms with van der Waals surface area (Å²) in [4.78, 5) is 16.2. The van der Waals surface area contributed by atoms with E-state index >= 15 is 0 Å². The van der Waals surface area contributed by atoms with Crippen molar-refractivity contribution < 1.29 is 18.7 Å². The van der Waals surface area contributed by atoms with Crippen molar-refractivity contribution in [2.45, 2.75) is 38.4 Å². The average Bonchev–Trinajstić information content (AvgIpc) is 3.10. The average molecular weight is 267 g/mol. The monoisotopic (exact) mass is 267 g/mol. The van der Waals surface area contributed by atoms with E-state index in [2.05, 4.69) is 4.98 Å². The lowest BCUT2D eigenvalue weighted by molar-refractivity contribution is -0.148. The Labute approximate surface area is 111 Å². The van der Waals surface area contributed by atoms with Crippen molar-refractivity contribution in [1.29, 1.82) is 0 Å². The van der Waals surface area contributed by atoms with Gasteiger partial charge in [-0.15, -0.1) is 0 Å². The molecule has 1 fully saturated rings. The van der Waals surface area contributed by atoms with Crippen molar-refractivity contribution in [2.24, 2.45) is 5.92 Å². The van der Waals surface area contributed by atoms with Gasteiger partial charge in [-0.25, -0.2) is 9.18 Å². The molecule has 5 heteroatoms. The van der Waals surface area contributed by atoms with Crippen LogP contribution >= 0.6 is 0 Å². The number of esters is 1. The third-order valence-corrected chi connectivity index (χ3v) is 3.83.